The number of aromatic nitrogens is 3. The molecule has 2 heterocycles. The van der Waals surface area contributed by atoms with Crippen molar-refractivity contribution in [3.63, 3.8) is 0 Å². The summed E-state index contributed by atoms with van der Waals surface area (Å²) in [5.74, 6) is 0.506. The van der Waals surface area contributed by atoms with Gasteiger partial charge in [0.15, 0.2) is 0 Å². The summed E-state index contributed by atoms with van der Waals surface area (Å²) in [7, 11) is 0. The summed E-state index contributed by atoms with van der Waals surface area (Å²) >= 11 is 0. The number of oxazole rings is 1. The fourth-order valence-corrected chi connectivity index (χ4v) is 4.30. The average molecular weight is 508 g/mol. The number of carbonyl (C=O) groups excluding carboxylic acids is 2. The van der Waals surface area contributed by atoms with Gasteiger partial charge >= 0.3 is 0 Å². The summed E-state index contributed by atoms with van der Waals surface area (Å²) < 4.78 is 7.33. The third-order valence-corrected chi connectivity index (χ3v) is 6.69. The van der Waals surface area contributed by atoms with E-state index in [9.17, 15) is 14.7 Å². The van der Waals surface area contributed by atoms with E-state index in [0.717, 1.165) is 31.2 Å². The number of amides is 2. The highest BCUT2D eigenvalue weighted by atomic mass is 16.4. The monoisotopic (exact) mass is 507 g/mol. The van der Waals surface area contributed by atoms with E-state index in [1.807, 2.05) is 45.0 Å². The van der Waals surface area contributed by atoms with Gasteiger partial charge in [0.2, 0.25) is 11.7 Å². The molecule has 0 saturated heterocycles. The fraction of sp³-hybridized carbons (Fsp3) is 0.500. The predicted octanol–water partition coefficient (Wildman–Crippen LogP) is 4.42. The van der Waals surface area contributed by atoms with E-state index in [1.54, 1.807) is 24.6 Å². The summed E-state index contributed by atoms with van der Waals surface area (Å²) in [6.45, 7) is 9.61. The molecule has 1 atom stereocenters. The zero-order chi connectivity index (χ0) is 26.7. The van der Waals surface area contributed by atoms with Gasteiger partial charge in [-0.15, -0.1) is 0 Å². The van der Waals surface area contributed by atoms with Crippen molar-refractivity contribution in [3.8, 4) is 22.7 Å². The number of nitrogens with one attached hydrogen (secondary N) is 2. The third-order valence-electron chi connectivity index (χ3n) is 6.69. The summed E-state index contributed by atoms with van der Waals surface area (Å²) in [4.78, 5) is 29.9. The zero-order valence-corrected chi connectivity index (χ0v) is 22.2. The summed E-state index contributed by atoms with van der Waals surface area (Å²) in [5, 5.41) is 21.1. The van der Waals surface area contributed by atoms with Crippen LogP contribution in [0.3, 0.4) is 0 Å². The van der Waals surface area contributed by atoms with Gasteiger partial charge in [-0.1, -0.05) is 26.0 Å². The van der Waals surface area contributed by atoms with E-state index in [-0.39, 0.29) is 36.2 Å². The first-order valence-corrected chi connectivity index (χ1v) is 13.1. The van der Waals surface area contributed by atoms with Crippen molar-refractivity contribution < 1.29 is 19.1 Å². The maximum absolute atomic E-state index is 13.1. The minimum Gasteiger partial charge on any atom is -0.431 e. The van der Waals surface area contributed by atoms with Crippen LogP contribution in [0.5, 0.6) is 0 Å². The van der Waals surface area contributed by atoms with E-state index in [2.05, 4.69) is 20.7 Å². The highest BCUT2D eigenvalue weighted by Gasteiger charge is 2.30. The SMILES string of the molecule is CCC(CC)NC(=O)c1cnc(-c2cccc(-c3cc(C(=O)N[C@@H](C)C4CC4)n(CC(C)(C)O)n3)c2)o1. The molecule has 1 fully saturated rings. The minimum absolute atomic E-state index is 0.0852. The molecule has 0 bridgehead atoms. The first kappa shape index (κ1) is 26.6. The number of benzene rings is 1. The lowest BCUT2D eigenvalue weighted by atomic mass is 10.1. The second-order valence-electron chi connectivity index (χ2n) is 10.6. The quantitative estimate of drug-likeness (QED) is 0.353. The van der Waals surface area contributed by atoms with Crippen LogP contribution in [0, 0.1) is 5.92 Å². The Labute approximate surface area is 217 Å². The van der Waals surface area contributed by atoms with Gasteiger partial charge in [0.25, 0.3) is 11.8 Å². The molecule has 3 aromatic rings. The van der Waals surface area contributed by atoms with Crippen molar-refractivity contribution in [2.24, 2.45) is 5.92 Å². The normalized spacial score (nSPS) is 14.6. The molecule has 0 radical (unpaired) electrons. The Hall–Kier alpha value is -3.46. The van der Waals surface area contributed by atoms with Crippen LogP contribution in [0.15, 0.2) is 40.9 Å². The van der Waals surface area contributed by atoms with Crippen molar-refractivity contribution >= 4 is 11.8 Å². The molecule has 9 heteroatoms. The molecule has 1 aliphatic rings. The number of rotatable bonds is 11. The summed E-state index contributed by atoms with van der Waals surface area (Å²) in [6, 6.07) is 9.36. The largest absolute Gasteiger partial charge is 0.431 e. The summed E-state index contributed by atoms with van der Waals surface area (Å²) in [6.07, 6.45) is 5.37. The van der Waals surface area contributed by atoms with Gasteiger partial charge in [-0.05, 0) is 70.6 Å². The number of nitrogens with zero attached hydrogens (tertiary/aromatic N) is 3. The van der Waals surface area contributed by atoms with Gasteiger partial charge in [-0.25, -0.2) is 4.98 Å². The zero-order valence-electron chi connectivity index (χ0n) is 22.2. The average Bonchev–Trinajstić information content (AvgIpc) is 3.45. The minimum atomic E-state index is -1.05. The fourth-order valence-electron chi connectivity index (χ4n) is 4.30. The van der Waals surface area contributed by atoms with E-state index < -0.39 is 5.60 Å². The molecule has 37 heavy (non-hydrogen) atoms. The van der Waals surface area contributed by atoms with Gasteiger partial charge in [-0.3, -0.25) is 14.3 Å². The van der Waals surface area contributed by atoms with Crippen LogP contribution in [-0.2, 0) is 6.54 Å². The number of hydrogen-bond donors (Lipinski definition) is 3. The Bertz CT molecular complexity index is 1250. The Balaban J connectivity index is 1.59. The number of hydrogen-bond acceptors (Lipinski definition) is 6. The Morgan fingerprint density at radius 2 is 1.84 bits per heavy atom. The lowest BCUT2D eigenvalue weighted by molar-refractivity contribution is 0.0562. The molecule has 2 amide bonds. The molecular formula is C28H37N5O4. The van der Waals surface area contributed by atoms with Crippen LogP contribution < -0.4 is 10.6 Å². The summed E-state index contributed by atoms with van der Waals surface area (Å²) in [5.41, 5.74) is 1.38. The molecule has 9 nitrogen and oxygen atoms in total. The lowest BCUT2D eigenvalue weighted by Gasteiger charge is -2.19. The van der Waals surface area contributed by atoms with E-state index in [4.69, 9.17) is 4.42 Å². The first-order valence-electron chi connectivity index (χ1n) is 13.1. The van der Waals surface area contributed by atoms with Crippen LogP contribution in [0.25, 0.3) is 22.7 Å². The molecule has 0 spiro atoms. The van der Waals surface area contributed by atoms with E-state index >= 15 is 0 Å². The van der Waals surface area contributed by atoms with Crippen molar-refractivity contribution in [3.05, 3.63) is 48.0 Å². The van der Waals surface area contributed by atoms with Crippen molar-refractivity contribution in [2.45, 2.75) is 84.5 Å². The molecule has 1 aliphatic carbocycles. The van der Waals surface area contributed by atoms with Crippen LogP contribution in [0.1, 0.15) is 81.3 Å². The Kier molecular flexibility index (Phi) is 7.82. The molecule has 4 rings (SSSR count). The van der Waals surface area contributed by atoms with Gasteiger partial charge in [0.05, 0.1) is 24.0 Å². The van der Waals surface area contributed by atoms with Crippen LogP contribution in [0.2, 0.25) is 0 Å². The lowest BCUT2D eigenvalue weighted by Crippen LogP contribution is -2.37. The standard InChI is InChI=1S/C28H37N5O4/c1-6-21(7-2)31-26(35)24-15-29-27(37-24)20-10-8-9-19(13-20)22-14-23(33(32-22)16-28(4,5)36)25(34)30-17(3)18-11-12-18/h8-10,13-15,17-18,21,36H,6-7,11-12,16H2,1-5H3,(H,30,34)(H,31,35)/t17-/m0/s1. The predicted molar refractivity (Wildman–Crippen MR) is 141 cm³/mol. The van der Waals surface area contributed by atoms with Gasteiger partial charge in [0.1, 0.15) is 5.69 Å². The van der Waals surface area contributed by atoms with E-state index in [1.165, 1.54) is 6.20 Å². The van der Waals surface area contributed by atoms with Crippen LogP contribution in [-0.4, -0.2) is 49.4 Å². The van der Waals surface area contributed by atoms with Crippen molar-refractivity contribution in [1.82, 2.24) is 25.4 Å². The molecule has 3 N–H and O–H groups in total. The highest BCUT2D eigenvalue weighted by Crippen LogP contribution is 2.32. The first-order chi connectivity index (χ1) is 17.6. The smallest absolute Gasteiger partial charge is 0.288 e. The molecule has 2 aromatic heterocycles. The number of carbonyl (C=O) groups is 2. The Morgan fingerprint density at radius 1 is 1.14 bits per heavy atom. The van der Waals surface area contributed by atoms with Crippen LogP contribution >= 0.6 is 0 Å². The molecular weight excluding hydrogens is 470 g/mol. The topological polar surface area (TPSA) is 122 Å². The molecule has 1 aromatic carbocycles. The van der Waals surface area contributed by atoms with Gasteiger partial charge < -0.3 is 20.2 Å². The second kappa shape index (κ2) is 10.9. The maximum atomic E-state index is 13.1. The highest BCUT2D eigenvalue weighted by molar-refractivity contribution is 5.94. The van der Waals surface area contributed by atoms with Gasteiger partial charge in [0, 0.05) is 23.2 Å². The van der Waals surface area contributed by atoms with E-state index in [0.29, 0.717) is 28.8 Å². The van der Waals surface area contributed by atoms with Crippen molar-refractivity contribution in [1.29, 1.82) is 0 Å². The molecule has 1 saturated carbocycles. The van der Waals surface area contributed by atoms with Crippen molar-refractivity contribution in [2.75, 3.05) is 0 Å². The molecule has 0 unspecified atom stereocenters. The van der Waals surface area contributed by atoms with Gasteiger partial charge in [-0.2, -0.15) is 5.10 Å². The molecule has 198 valence electrons. The second-order valence-corrected chi connectivity index (χ2v) is 10.6. The third kappa shape index (κ3) is 6.65. The number of aliphatic hydroxyl groups is 1. The molecule has 0 aliphatic heterocycles. The maximum Gasteiger partial charge on any atom is 0.288 e. The Morgan fingerprint density at radius 3 is 2.49 bits per heavy atom. The van der Waals surface area contributed by atoms with Crippen LogP contribution in [0.4, 0.5) is 0 Å².